The summed E-state index contributed by atoms with van der Waals surface area (Å²) >= 11 is 6.06. The van der Waals surface area contributed by atoms with Gasteiger partial charge in [0.25, 0.3) is 5.92 Å². The summed E-state index contributed by atoms with van der Waals surface area (Å²) < 4.78 is 47.1. The number of alkyl halides is 2. The molecule has 2 N–H and O–H groups in total. The molecular weight excluding hydrogens is 459 g/mol. The summed E-state index contributed by atoms with van der Waals surface area (Å²) in [6, 6.07) is 5.37. The van der Waals surface area contributed by atoms with Gasteiger partial charge in [0.2, 0.25) is 11.8 Å². The summed E-state index contributed by atoms with van der Waals surface area (Å²) in [6.07, 6.45) is 3.91. The van der Waals surface area contributed by atoms with Gasteiger partial charge in [0, 0.05) is 18.7 Å². The van der Waals surface area contributed by atoms with Gasteiger partial charge in [0.1, 0.15) is 11.3 Å². The van der Waals surface area contributed by atoms with Gasteiger partial charge in [0.05, 0.1) is 47.9 Å². The van der Waals surface area contributed by atoms with E-state index in [9.17, 15) is 18.0 Å². The molecule has 0 unspecified atom stereocenters. The van der Waals surface area contributed by atoms with E-state index in [0.717, 1.165) is 6.07 Å². The normalized spacial score (nSPS) is 11.6. The number of fused-ring (bicyclic) bond motifs is 1. The van der Waals surface area contributed by atoms with E-state index in [1.807, 2.05) is 0 Å². The molecule has 0 spiro atoms. The van der Waals surface area contributed by atoms with Crippen molar-refractivity contribution in [2.75, 3.05) is 12.4 Å². The molecule has 0 radical (unpaired) electrons. The maximum Gasteiger partial charge on any atom is 0.275 e. The van der Waals surface area contributed by atoms with E-state index in [-0.39, 0.29) is 23.6 Å². The molecular formula is C22H17ClF3N5O2. The molecule has 3 aromatic heterocycles. The number of nitrogens with zero attached hydrogens (tertiary/aromatic N) is 3. The number of carbonyl (C=O) groups is 1. The van der Waals surface area contributed by atoms with Crippen LogP contribution in [0.25, 0.3) is 22.4 Å². The minimum Gasteiger partial charge on any atom is -0.481 e. The van der Waals surface area contributed by atoms with Crippen molar-refractivity contribution in [2.45, 2.75) is 19.3 Å². The minimum atomic E-state index is -3.22. The second-order valence-electron chi connectivity index (χ2n) is 7.29. The van der Waals surface area contributed by atoms with Crippen LogP contribution >= 0.6 is 11.6 Å². The monoisotopic (exact) mass is 475 g/mol. The molecule has 11 heteroatoms. The first kappa shape index (κ1) is 22.5. The highest BCUT2D eigenvalue weighted by Crippen LogP contribution is 2.34. The van der Waals surface area contributed by atoms with E-state index >= 15 is 0 Å². The number of nitrogens with one attached hydrogen (secondary N) is 2. The SMILES string of the molecule is COc1ncc(NC(=O)Cc2ccc(-c3cnc4[nH]cc(Cl)c4n3)cc2F)cc1C(C)(F)F. The summed E-state index contributed by atoms with van der Waals surface area (Å²) in [5.41, 5.74) is 1.53. The highest BCUT2D eigenvalue weighted by Gasteiger charge is 2.30. The topological polar surface area (TPSA) is 92.8 Å². The first-order chi connectivity index (χ1) is 15.7. The molecule has 33 heavy (non-hydrogen) atoms. The molecule has 4 aromatic rings. The van der Waals surface area contributed by atoms with Gasteiger partial charge >= 0.3 is 0 Å². The number of methoxy groups -OCH3 is 1. The largest absolute Gasteiger partial charge is 0.481 e. The van der Waals surface area contributed by atoms with E-state index in [4.69, 9.17) is 16.3 Å². The van der Waals surface area contributed by atoms with E-state index in [2.05, 4.69) is 25.3 Å². The molecule has 7 nitrogen and oxygen atoms in total. The number of benzene rings is 1. The van der Waals surface area contributed by atoms with Crippen LogP contribution in [0.15, 0.2) is 42.9 Å². The number of hydrogen-bond acceptors (Lipinski definition) is 5. The van der Waals surface area contributed by atoms with E-state index in [0.29, 0.717) is 34.4 Å². The molecule has 0 saturated heterocycles. The zero-order valence-electron chi connectivity index (χ0n) is 17.4. The van der Waals surface area contributed by atoms with E-state index in [1.54, 1.807) is 12.3 Å². The fourth-order valence-corrected chi connectivity index (χ4v) is 3.41. The fourth-order valence-electron chi connectivity index (χ4n) is 3.23. The molecule has 3 heterocycles. The molecule has 4 rings (SSSR count). The smallest absolute Gasteiger partial charge is 0.275 e. The van der Waals surface area contributed by atoms with Gasteiger partial charge in [-0.3, -0.25) is 4.79 Å². The van der Waals surface area contributed by atoms with Crippen LogP contribution in [-0.4, -0.2) is 33.0 Å². The first-order valence-electron chi connectivity index (χ1n) is 9.66. The molecule has 0 atom stereocenters. The predicted octanol–water partition coefficient (Wildman–Crippen LogP) is 5.11. The number of ether oxygens (including phenoxy) is 1. The number of carbonyl (C=O) groups excluding carboxylic acids is 1. The maximum atomic E-state index is 14.7. The lowest BCUT2D eigenvalue weighted by atomic mass is 10.1. The Balaban J connectivity index is 1.51. The van der Waals surface area contributed by atoms with Crippen LogP contribution < -0.4 is 10.1 Å². The van der Waals surface area contributed by atoms with Gasteiger partial charge in [0.15, 0.2) is 5.65 Å². The lowest BCUT2D eigenvalue weighted by molar-refractivity contribution is -0.115. The Morgan fingerprint density at radius 2 is 2.03 bits per heavy atom. The second kappa shape index (κ2) is 8.70. The van der Waals surface area contributed by atoms with Gasteiger partial charge in [-0.25, -0.2) is 28.1 Å². The van der Waals surface area contributed by atoms with E-state index in [1.165, 1.54) is 31.6 Å². The summed E-state index contributed by atoms with van der Waals surface area (Å²) in [5.74, 6) is -4.70. The molecule has 1 amide bonds. The molecule has 1 aromatic carbocycles. The number of H-pyrrole nitrogens is 1. The van der Waals surface area contributed by atoms with Crippen molar-refractivity contribution < 1.29 is 22.7 Å². The zero-order valence-corrected chi connectivity index (χ0v) is 18.2. The number of anilines is 1. The zero-order chi connectivity index (χ0) is 23.8. The van der Waals surface area contributed by atoms with Crippen molar-refractivity contribution >= 4 is 34.4 Å². The molecule has 170 valence electrons. The molecule has 0 aliphatic heterocycles. The predicted molar refractivity (Wildman–Crippen MR) is 117 cm³/mol. The van der Waals surface area contributed by atoms with Crippen LogP contribution in [0.2, 0.25) is 5.02 Å². The van der Waals surface area contributed by atoms with E-state index < -0.39 is 23.2 Å². The highest BCUT2D eigenvalue weighted by atomic mass is 35.5. The third-order valence-corrected chi connectivity index (χ3v) is 5.12. The van der Waals surface area contributed by atoms with Crippen molar-refractivity contribution in [1.82, 2.24) is 19.9 Å². The Kier molecular flexibility index (Phi) is 5.94. The number of hydrogen-bond donors (Lipinski definition) is 2. The van der Waals surface area contributed by atoms with Crippen LogP contribution in [0.5, 0.6) is 5.88 Å². The van der Waals surface area contributed by atoms with Gasteiger partial charge in [-0.1, -0.05) is 23.7 Å². The Morgan fingerprint density at radius 3 is 2.73 bits per heavy atom. The quantitative estimate of drug-likeness (QED) is 0.404. The Labute approximate surface area is 191 Å². The molecule has 0 bridgehead atoms. The highest BCUT2D eigenvalue weighted by molar-refractivity contribution is 6.34. The Hall–Kier alpha value is -3.66. The van der Waals surface area contributed by atoms with Crippen molar-refractivity contribution in [3.63, 3.8) is 0 Å². The summed E-state index contributed by atoms with van der Waals surface area (Å²) in [5, 5.41) is 2.85. The lowest BCUT2D eigenvalue weighted by Crippen LogP contribution is -2.17. The summed E-state index contributed by atoms with van der Waals surface area (Å²) in [7, 11) is 1.22. The first-order valence-corrected chi connectivity index (χ1v) is 10.0. The van der Waals surface area contributed by atoms with Gasteiger partial charge in [-0.2, -0.15) is 0 Å². The van der Waals surface area contributed by atoms with Crippen LogP contribution in [0.1, 0.15) is 18.1 Å². The average molecular weight is 476 g/mol. The van der Waals surface area contributed by atoms with Gasteiger partial charge in [-0.05, 0) is 17.7 Å². The van der Waals surface area contributed by atoms with Crippen LogP contribution in [-0.2, 0) is 17.1 Å². The number of aromatic nitrogens is 4. The third-order valence-electron chi connectivity index (χ3n) is 4.84. The minimum absolute atomic E-state index is 0.0429. The number of rotatable bonds is 6. The molecule has 0 aliphatic rings. The van der Waals surface area contributed by atoms with Crippen LogP contribution in [0, 0.1) is 5.82 Å². The third kappa shape index (κ3) is 4.75. The number of aromatic amines is 1. The van der Waals surface area contributed by atoms with Crippen molar-refractivity contribution in [1.29, 1.82) is 0 Å². The lowest BCUT2D eigenvalue weighted by Gasteiger charge is -2.15. The second-order valence-corrected chi connectivity index (χ2v) is 7.70. The molecule has 0 fully saturated rings. The van der Waals surface area contributed by atoms with Crippen LogP contribution in [0.3, 0.4) is 0 Å². The number of halogens is 4. The van der Waals surface area contributed by atoms with Gasteiger partial charge < -0.3 is 15.0 Å². The van der Waals surface area contributed by atoms with Crippen molar-refractivity contribution in [3.8, 4) is 17.1 Å². The standard InChI is InChI=1S/C22H17ClF3N5O2/c1-22(25,26)14-7-13(8-29-21(14)33-2)30-18(32)6-11-3-4-12(5-16(11)24)17-10-28-20-19(31-17)15(23)9-27-20/h3-5,7-10H,6H2,1-2H3,(H,27,28)(H,30,32). The Morgan fingerprint density at radius 1 is 1.24 bits per heavy atom. The summed E-state index contributed by atoms with van der Waals surface area (Å²) in [6.45, 7) is 0.696. The number of pyridine rings is 1. The van der Waals surface area contributed by atoms with Gasteiger partial charge in [-0.15, -0.1) is 0 Å². The number of amides is 1. The molecule has 0 saturated carbocycles. The van der Waals surface area contributed by atoms with Crippen LogP contribution in [0.4, 0.5) is 18.9 Å². The van der Waals surface area contributed by atoms with Crippen molar-refractivity contribution in [3.05, 3.63) is 64.8 Å². The average Bonchev–Trinajstić information content (AvgIpc) is 3.14. The fraction of sp³-hybridized carbons (Fsp3) is 0.182. The maximum absolute atomic E-state index is 14.7. The Bertz CT molecular complexity index is 1350. The molecule has 0 aliphatic carbocycles. The summed E-state index contributed by atoms with van der Waals surface area (Å²) in [4.78, 5) is 27.6. The van der Waals surface area contributed by atoms with Crippen molar-refractivity contribution in [2.24, 2.45) is 0 Å².